The lowest BCUT2D eigenvalue weighted by Gasteiger charge is -2.16. The Hall–Kier alpha value is -0.800. The maximum absolute atomic E-state index is 13.9. The second-order valence-electron chi connectivity index (χ2n) is 4.12. The van der Waals surface area contributed by atoms with Gasteiger partial charge >= 0.3 is 5.97 Å². The molecule has 5 heteroatoms. The van der Waals surface area contributed by atoms with Crippen LogP contribution in [0.25, 0.3) is 0 Å². The molecule has 0 saturated heterocycles. The molecule has 1 aliphatic carbocycles. The standard InChI is InChI=1S/C12H11Cl2FO2/c1-17-12(16)10(6-2-3-6)11-8(14)4-7(13)5-9(11)15/h4-6,10H,2-3H2,1H3. The molecule has 0 bridgehead atoms. The smallest absolute Gasteiger partial charge is 0.313 e. The van der Waals surface area contributed by atoms with Crippen molar-refractivity contribution in [3.8, 4) is 0 Å². The van der Waals surface area contributed by atoms with Crippen molar-refractivity contribution < 1.29 is 13.9 Å². The highest BCUT2D eigenvalue weighted by Crippen LogP contribution is 2.46. The van der Waals surface area contributed by atoms with Gasteiger partial charge in [0, 0.05) is 15.6 Å². The van der Waals surface area contributed by atoms with Gasteiger partial charge in [-0.1, -0.05) is 23.2 Å². The Morgan fingerprint density at radius 1 is 1.47 bits per heavy atom. The molecule has 92 valence electrons. The minimum atomic E-state index is -0.621. The highest BCUT2D eigenvalue weighted by atomic mass is 35.5. The summed E-state index contributed by atoms with van der Waals surface area (Å²) in [5.41, 5.74) is 0.199. The van der Waals surface area contributed by atoms with Crippen molar-refractivity contribution in [2.45, 2.75) is 18.8 Å². The summed E-state index contributed by atoms with van der Waals surface area (Å²) >= 11 is 11.7. The summed E-state index contributed by atoms with van der Waals surface area (Å²) in [6.45, 7) is 0. The molecular weight excluding hydrogens is 266 g/mol. The number of methoxy groups -OCH3 is 1. The number of carbonyl (C=O) groups excluding carboxylic acids is 1. The predicted octanol–water partition coefficient (Wildman–Crippen LogP) is 3.80. The van der Waals surface area contributed by atoms with Gasteiger partial charge in [-0.2, -0.15) is 0 Å². The Morgan fingerprint density at radius 3 is 2.59 bits per heavy atom. The summed E-state index contributed by atoms with van der Waals surface area (Å²) in [4.78, 5) is 11.7. The summed E-state index contributed by atoms with van der Waals surface area (Å²) in [6.07, 6.45) is 1.77. The fraction of sp³-hybridized carbons (Fsp3) is 0.417. The second kappa shape index (κ2) is 4.83. The van der Waals surface area contributed by atoms with Gasteiger partial charge in [0.05, 0.1) is 13.0 Å². The minimum absolute atomic E-state index is 0.121. The molecule has 1 saturated carbocycles. The first-order valence-corrected chi connectivity index (χ1v) is 6.02. The summed E-state index contributed by atoms with van der Waals surface area (Å²) in [6, 6.07) is 2.61. The maximum Gasteiger partial charge on any atom is 0.313 e. The summed E-state index contributed by atoms with van der Waals surface area (Å²) in [7, 11) is 1.29. The molecule has 0 N–H and O–H groups in total. The van der Waals surface area contributed by atoms with Crippen LogP contribution in [0.15, 0.2) is 12.1 Å². The summed E-state index contributed by atoms with van der Waals surface area (Å²) in [5, 5.41) is 0.396. The first-order chi connectivity index (χ1) is 8.04. The van der Waals surface area contributed by atoms with E-state index < -0.39 is 17.7 Å². The molecule has 17 heavy (non-hydrogen) atoms. The Labute approximate surface area is 109 Å². The van der Waals surface area contributed by atoms with Gasteiger partial charge in [-0.3, -0.25) is 4.79 Å². The quantitative estimate of drug-likeness (QED) is 0.785. The lowest BCUT2D eigenvalue weighted by molar-refractivity contribution is -0.143. The third-order valence-corrected chi connectivity index (χ3v) is 3.43. The topological polar surface area (TPSA) is 26.3 Å². The van der Waals surface area contributed by atoms with Crippen LogP contribution in [-0.2, 0) is 9.53 Å². The zero-order chi connectivity index (χ0) is 12.6. The Kier molecular flexibility index (Phi) is 3.59. The molecule has 0 amide bonds. The molecule has 0 radical (unpaired) electrons. The van der Waals surface area contributed by atoms with Gasteiger partial charge in [0.15, 0.2) is 0 Å². The second-order valence-corrected chi connectivity index (χ2v) is 4.97. The fourth-order valence-electron chi connectivity index (χ4n) is 1.95. The monoisotopic (exact) mass is 276 g/mol. The van der Waals surface area contributed by atoms with Gasteiger partial charge < -0.3 is 4.74 Å². The Morgan fingerprint density at radius 2 is 2.12 bits per heavy atom. The molecule has 0 spiro atoms. The molecule has 1 aromatic carbocycles. The van der Waals surface area contributed by atoms with Crippen LogP contribution in [0.4, 0.5) is 4.39 Å². The van der Waals surface area contributed by atoms with Gasteiger partial charge in [-0.15, -0.1) is 0 Å². The van der Waals surface area contributed by atoms with Crippen LogP contribution < -0.4 is 0 Å². The number of hydrogen-bond acceptors (Lipinski definition) is 2. The fourth-order valence-corrected chi connectivity index (χ4v) is 2.54. The van der Waals surface area contributed by atoms with Crippen molar-refractivity contribution in [3.05, 3.63) is 33.6 Å². The molecule has 1 unspecified atom stereocenters. The van der Waals surface area contributed by atoms with Gasteiger partial charge in [-0.05, 0) is 30.9 Å². The lowest BCUT2D eigenvalue weighted by Crippen LogP contribution is -2.18. The molecule has 0 aliphatic heterocycles. The van der Waals surface area contributed by atoms with E-state index in [2.05, 4.69) is 0 Å². The summed E-state index contributed by atoms with van der Waals surface area (Å²) < 4.78 is 18.6. The Bertz CT molecular complexity index is 435. The van der Waals surface area contributed by atoms with Gasteiger partial charge in [0.1, 0.15) is 5.82 Å². The van der Waals surface area contributed by atoms with E-state index in [1.165, 1.54) is 19.2 Å². The third-order valence-electron chi connectivity index (χ3n) is 2.90. The molecule has 2 rings (SSSR count). The molecule has 1 aromatic rings. The van der Waals surface area contributed by atoms with Gasteiger partial charge in [0.2, 0.25) is 0 Å². The van der Waals surface area contributed by atoms with Gasteiger partial charge in [-0.25, -0.2) is 4.39 Å². The third kappa shape index (κ3) is 2.55. The van der Waals surface area contributed by atoms with Gasteiger partial charge in [0.25, 0.3) is 0 Å². The Balaban J connectivity index is 2.46. The van der Waals surface area contributed by atoms with Crippen molar-refractivity contribution in [1.82, 2.24) is 0 Å². The van der Waals surface area contributed by atoms with E-state index >= 15 is 0 Å². The van der Waals surface area contributed by atoms with Crippen molar-refractivity contribution in [1.29, 1.82) is 0 Å². The van der Waals surface area contributed by atoms with Crippen LogP contribution in [0.5, 0.6) is 0 Å². The van der Waals surface area contributed by atoms with E-state index in [9.17, 15) is 9.18 Å². The number of ether oxygens (including phenoxy) is 1. The number of esters is 1. The van der Waals surface area contributed by atoms with E-state index in [0.29, 0.717) is 0 Å². The highest BCUT2D eigenvalue weighted by Gasteiger charge is 2.40. The lowest BCUT2D eigenvalue weighted by atomic mass is 9.93. The van der Waals surface area contributed by atoms with Crippen LogP contribution in [-0.4, -0.2) is 13.1 Å². The number of hydrogen-bond donors (Lipinski definition) is 0. The number of benzene rings is 1. The minimum Gasteiger partial charge on any atom is -0.469 e. The SMILES string of the molecule is COC(=O)C(c1c(F)cc(Cl)cc1Cl)C1CC1. The van der Waals surface area contributed by atoms with Crippen molar-refractivity contribution >= 4 is 29.2 Å². The van der Waals surface area contributed by atoms with Crippen LogP contribution in [0.1, 0.15) is 24.3 Å². The maximum atomic E-state index is 13.9. The number of carbonyl (C=O) groups is 1. The molecular formula is C12H11Cl2FO2. The van der Waals surface area contributed by atoms with E-state index in [1.807, 2.05) is 0 Å². The van der Waals surface area contributed by atoms with Crippen LogP contribution >= 0.6 is 23.2 Å². The number of rotatable bonds is 3. The van der Waals surface area contributed by atoms with E-state index in [4.69, 9.17) is 27.9 Å². The zero-order valence-corrected chi connectivity index (χ0v) is 10.7. The first-order valence-electron chi connectivity index (χ1n) is 5.27. The van der Waals surface area contributed by atoms with Crippen molar-refractivity contribution in [2.24, 2.45) is 5.92 Å². The van der Waals surface area contributed by atoms with E-state index in [1.54, 1.807) is 0 Å². The summed E-state index contributed by atoms with van der Waals surface area (Å²) in [5.74, 6) is -1.50. The van der Waals surface area contributed by atoms with E-state index in [-0.39, 0.29) is 21.5 Å². The zero-order valence-electron chi connectivity index (χ0n) is 9.17. The largest absolute Gasteiger partial charge is 0.469 e. The first kappa shape index (κ1) is 12.7. The van der Waals surface area contributed by atoms with Crippen molar-refractivity contribution in [3.63, 3.8) is 0 Å². The molecule has 0 heterocycles. The molecule has 0 aromatic heterocycles. The molecule has 2 nitrogen and oxygen atoms in total. The predicted molar refractivity (Wildman–Crippen MR) is 63.9 cm³/mol. The van der Waals surface area contributed by atoms with E-state index in [0.717, 1.165) is 12.8 Å². The highest BCUT2D eigenvalue weighted by molar-refractivity contribution is 6.35. The average Bonchev–Trinajstić information content (AvgIpc) is 3.05. The molecule has 1 atom stereocenters. The average molecular weight is 277 g/mol. The molecule has 1 fully saturated rings. The normalized spacial score (nSPS) is 16.7. The van der Waals surface area contributed by atoms with Crippen LogP contribution in [0.2, 0.25) is 10.0 Å². The molecule has 1 aliphatic rings. The van der Waals surface area contributed by atoms with Crippen LogP contribution in [0, 0.1) is 11.7 Å². The van der Waals surface area contributed by atoms with Crippen molar-refractivity contribution in [2.75, 3.05) is 7.11 Å². The van der Waals surface area contributed by atoms with Crippen LogP contribution in [0.3, 0.4) is 0 Å². The number of halogens is 3.